The molecule has 112 valence electrons. The lowest BCUT2D eigenvalue weighted by Crippen LogP contribution is -2.23. The Kier molecular flexibility index (Phi) is 5.34. The van der Waals surface area contributed by atoms with Gasteiger partial charge in [-0.05, 0) is 37.1 Å². The third kappa shape index (κ3) is 3.82. The molecule has 0 fully saturated rings. The number of nitrogens with one attached hydrogen (secondary N) is 1. The second kappa shape index (κ2) is 7.03. The lowest BCUT2D eigenvalue weighted by atomic mass is 10.0. The van der Waals surface area contributed by atoms with Crippen molar-refractivity contribution >= 4 is 11.6 Å². The van der Waals surface area contributed by atoms with Gasteiger partial charge in [0.15, 0.2) is 0 Å². The molecule has 2 nitrogen and oxygen atoms in total. The number of aliphatic hydroxyl groups is 1. The maximum absolute atomic E-state index is 13.9. The van der Waals surface area contributed by atoms with Crippen molar-refractivity contribution in [3.8, 4) is 0 Å². The normalized spacial score (nSPS) is 14.0. The van der Waals surface area contributed by atoms with E-state index in [4.69, 9.17) is 11.6 Å². The van der Waals surface area contributed by atoms with Crippen molar-refractivity contribution in [2.45, 2.75) is 32.5 Å². The van der Waals surface area contributed by atoms with Gasteiger partial charge in [-0.2, -0.15) is 0 Å². The molecule has 0 bridgehead atoms. The number of hydrogen-bond donors (Lipinski definition) is 2. The summed E-state index contributed by atoms with van der Waals surface area (Å²) in [6, 6.07) is 12.2. The molecule has 0 aliphatic carbocycles. The van der Waals surface area contributed by atoms with Crippen molar-refractivity contribution in [1.82, 2.24) is 5.32 Å². The molecule has 0 aliphatic heterocycles. The molecule has 0 saturated heterocycles. The quantitative estimate of drug-likeness (QED) is 0.859. The summed E-state index contributed by atoms with van der Waals surface area (Å²) in [6.45, 7) is 3.90. The summed E-state index contributed by atoms with van der Waals surface area (Å²) in [7, 11) is 0. The van der Waals surface area contributed by atoms with Gasteiger partial charge in [0, 0.05) is 22.7 Å². The molecule has 2 unspecified atom stereocenters. The molecule has 2 N–H and O–H groups in total. The van der Waals surface area contributed by atoms with Gasteiger partial charge in [-0.3, -0.25) is 0 Å². The molecule has 0 aliphatic rings. The van der Waals surface area contributed by atoms with Crippen LogP contribution >= 0.6 is 11.6 Å². The Hall–Kier alpha value is -1.42. The average Bonchev–Trinajstić information content (AvgIpc) is 2.47. The monoisotopic (exact) mass is 307 g/mol. The highest BCUT2D eigenvalue weighted by atomic mass is 35.5. The molecule has 21 heavy (non-hydrogen) atoms. The largest absolute Gasteiger partial charge is 0.392 e. The first-order valence-electron chi connectivity index (χ1n) is 6.92. The lowest BCUT2D eigenvalue weighted by molar-refractivity contribution is 0.281. The van der Waals surface area contributed by atoms with Crippen molar-refractivity contribution < 1.29 is 9.50 Å². The van der Waals surface area contributed by atoms with Crippen LogP contribution in [0.4, 0.5) is 4.39 Å². The summed E-state index contributed by atoms with van der Waals surface area (Å²) >= 11 is 6.09. The highest BCUT2D eigenvalue weighted by Gasteiger charge is 2.17. The standard InChI is InChI=1S/C17H19ClFNO/c1-11(14-6-3-5-13(9-14)10-21)20-12(2)17-15(18)7-4-8-16(17)19/h3-9,11-12,20-21H,10H2,1-2H3. The fourth-order valence-electron chi connectivity index (χ4n) is 2.44. The topological polar surface area (TPSA) is 32.3 Å². The van der Waals surface area contributed by atoms with Gasteiger partial charge in [-0.1, -0.05) is 41.9 Å². The van der Waals surface area contributed by atoms with Crippen LogP contribution in [0.2, 0.25) is 5.02 Å². The van der Waals surface area contributed by atoms with Crippen molar-refractivity contribution in [2.75, 3.05) is 0 Å². The minimum Gasteiger partial charge on any atom is -0.392 e. The number of halogens is 2. The summed E-state index contributed by atoms with van der Waals surface area (Å²) in [4.78, 5) is 0. The van der Waals surface area contributed by atoms with Crippen LogP contribution in [0.25, 0.3) is 0 Å². The van der Waals surface area contributed by atoms with E-state index in [9.17, 15) is 9.50 Å². The van der Waals surface area contributed by atoms with Crippen molar-refractivity contribution in [3.05, 3.63) is 70.0 Å². The van der Waals surface area contributed by atoms with E-state index >= 15 is 0 Å². The first-order chi connectivity index (χ1) is 10.0. The summed E-state index contributed by atoms with van der Waals surface area (Å²) in [5.74, 6) is -0.307. The van der Waals surface area contributed by atoms with E-state index in [0.29, 0.717) is 10.6 Å². The molecule has 0 aromatic heterocycles. The van der Waals surface area contributed by atoms with E-state index in [1.165, 1.54) is 6.07 Å². The van der Waals surface area contributed by atoms with Gasteiger partial charge in [0.2, 0.25) is 0 Å². The summed E-state index contributed by atoms with van der Waals surface area (Å²) < 4.78 is 13.9. The lowest BCUT2D eigenvalue weighted by Gasteiger charge is -2.22. The maximum Gasteiger partial charge on any atom is 0.129 e. The van der Waals surface area contributed by atoms with E-state index < -0.39 is 0 Å². The van der Waals surface area contributed by atoms with Gasteiger partial charge in [0.05, 0.1) is 6.61 Å². The van der Waals surface area contributed by atoms with Crippen molar-refractivity contribution in [3.63, 3.8) is 0 Å². The van der Waals surface area contributed by atoms with E-state index in [1.807, 2.05) is 38.1 Å². The minimum absolute atomic E-state index is 0.00918. The van der Waals surface area contributed by atoms with Gasteiger partial charge < -0.3 is 10.4 Å². The molecular weight excluding hydrogens is 289 g/mol. The third-order valence-electron chi connectivity index (χ3n) is 3.57. The van der Waals surface area contributed by atoms with Crippen LogP contribution in [0.5, 0.6) is 0 Å². The number of hydrogen-bond acceptors (Lipinski definition) is 2. The molecule has 0 saturated carbocycles. The molecule has 2 rings (SSSR count). The smallest absolute Gasteiger partial charge is 0.129 e. The maximum atomic E-state index is 13.9. The molecule has 2 aromatic rings. The zero-order valence-corrected chi connectivity index (χ0v) is 12.9. The van der Waals surface area contributed by atoms with Gasteiger partial charge >= 0.3 is 0 Å². The van der Waals surface area contributed by atoms with Gasteiger partial charge in [-0.15, -0.1) is 0 Å². The summed E-state index contributed by atoms with van der Waals surface area (Å²) in [6.07, 6.45) is 0. The highest BCUT2D eigenvalue weighted by Crippen LogP contribution is 2.28. The fraction of sp³-hybridized carbons (Fsp3) is 0.294. The van der Waals surface area contributed by atoms with E-state index in [0.717, 1.165) is 11.1 Å². The number of rotatable bonds is 5. The van der Waals surface area contributed by atoms with Crippen molar-refractivity contribution in [2.24, 2.45) is 0 Å². The van der Waals surface area contributed by atoms with E-state index in [2.05, 4.69) is 5.32 Å². The predicted molar refractivity (Wildman–Crippen MR) is 83.7 cm³/mol. The van der Waals surface area contributed by atoms with E-state index in [1.54, 1.807) is 12.1 Å². The Morgan fingerprint density at radius 1 is 1.14 bits per heavy atom. The Labute approximate surface area is 129 Å². The van der Waals surface area contributed by atoms with Crippen LogP contribution in [0.3, 0.4) is 0 Å². The van der Waals surface area contributed by atoms with Crippen LogP contribution in [0.1, 0.15) is 42.6 Å². The Morgan fingerprint density at radius 2 is 1.86 bits per heavy atom. The summed E-state index contributed by atoms with van der Waals surface area (Å²) in [5, 5.41) is 13.0. The SMILES string of the molecule is CC(NC(C)c1c(F)cccc1Cl)c1cccc(CO)c1. The molecule has 2 atom stereocenters. The first kappa shape index (κ1) is 16.0. The Bertz CT molecular complexity index is 597. The van der Waals surface area contributed by atoms with Gasteiger partial charge in [0.1, 0.15) is 5.82 Å². The molecule has 0 heterocycles. The number of benzene rings is 2. The van der Waals surface area contributed by atoms with Crippen LogP contribution in [-0.4, -0.2) is 5.11 Å². The minimum atomic E-state index is -0.307. The van der Waals surface area contributed by atoms with E-state index in [-0.39, 0.29) is 24.5 Å². The highest BCUT2D eigenvalue weighted by molar-refractivity contribution is 6.31. The molecule has 0 radical (unpaired) electrons. The molecule has 0 spiro atoms. The average molecular weight is 308 g/mol. The Balaban J connectivity index is 2.16. The Morgan fingerprint density at radius 3 is 2.52 bits per heavy atom. The van der Waals surface area contributed by atoms with Gasteiger partial charge in [-0.25, -0.2) is 4.39 Å². The zero-order chi connectivity index (χ0) is 15.4. The van der Waals surface area contributed by atoms with Crippen LogP contribution in [-0.2, 0) is 6.61 Å². The molecule has 4 heteroatoms. The second-order valence-electron chi connectivity index (χ2n) is 5.15. The summed E-state index contributed by atoms with van der Waals surface area (Å²) in [5.41, 5.74) is 2.38. The first-order valence-corrected chi connectivity index (χ1v) is 7.30. The zero-order valence-electron chi connectivity index (χ0n) is 12.1. The third-order valence-corrected chi connectivity index (χ3v) is 3.90. The van der Waals surface area contributed by atoms with Gasteiger partial charge in [0.25, 0.3) is 0 Å². The predicted octanol–water partition coefficient (Wildman–Crippen LogP) is 4.38. The fourth-order valence-corrected chi connectivity index (χ4v) is 2.77. The van der Waals surface area contributed by atoms with Crippen LogP contribution < -0.4 is 5.32 Å². The van der Waals surface area contributed by atoms with Crippen LogP contribution in [0.15, 0.2) is 42.5 Å². The van der Waals surface area contributed by atoms with Crippen LogP contribution in [0, 0.1) is 5.82 Å². The molecule has 0 amide bonds. The molecular formula is C17H19ClFNO. The second-order valence-corrected chi connectivity index (χ2v) is 5.56. The van der Waals surface area contributed by atoms with Crippen molar-refractivity contribution in [1.29, 1.82) is 0 Å². The number of aliphatic hydroxyl groups excluding tert-OH is 1. The molecule has 2 aromatic carbocycles.